The predicted octanol–water partition coefficient (Wildman–Crippen LogP) is 3.29. The molecule has 0 amide bonds. The molecule has 0 bridgehead atoms. The SMILES string of the molecule is Cc1nc(Cc2c(Cl)cccc2Cl)nc2c1CNC2. The Kier molecular flexibility index (Phi) is 3.44. The summed E-state index contributed by atoms with van der Waals surface area (Å²) in [4.78, 5) is 9.15. The van der Waals surface area contributed by atoms with Crippen LogP contribution in [0.3, 0.4) is 0 Å². The molecular weight excluding hydrogens is 281 g/mol. The Hall–Kier alpha value is -1.16. The molecule has 3 rings (SSSR count). The normalized spacial score (nSPS) is 13.6. The molecule has 3 nitrogen and oxygen atoms in total. The van der Waals surface area contributed by atoms with Gasteiger partial charge in [-0.05, 0) is 24.6 Å². The second-order valence-corrected chi connectivity index (χ2v) is 5.45. The van der Waals surface area contributed by atoms with Gasteiger partial charge in [-0.25, -0.2) is 9.97 Å². The summed E-state index contributed by atoms with van der Waals surface area (Å²) in [5.41, 5.74) is 4.23. The number of rotatable bonds is 2. The second kappa shape index (κ2) is 5.08. The Morgan fingerprint density at radius 1 is 1.16 bits per heavy atom. The van der Waals surface area contributed by atoms with Crippen molar-refractivity contribution in [3.05, 3.63) is 56.6 Å². The third kappa shape index (κ3) is 2.46. The third-order valence-electron chi connectivity index (χ3n) is 3.34. The van der Waals surface area contributed by atoms with Crippen LogP contribution in [0.5, 0.6) is 0 Å². The Morgan fingerprint density at radius 3 is 2.63 bits per heavy atom. The van der Waals surface area contributed by atoms with Gasteiger partial charge < -0.3 is 5.32 Å². The summed E-state index contributed by atoms with van der Waals surface area (Å²) in [6, 6.07) is 5.52. The van der Waals surface area contributed by atoms with Crippen molar-refractivity contribution in [3.63, 3.8) is 0 Å². The van der Waals surface area contributed by atoms with Crippen LogP contribution in [0.25, 0.3) is 0 Å². The van der Waals surface area contributed by atoms with E-state index >= 15 is 0 Å². The van der Waals surface area contributed by atoms with Crippen molar-refractivity contribution in [2.24, 2.45) is 0 Å². The van der Waals surface area contributed by atoms with Gasteiger partial charge in [-0.2, -0.15) is 0 Å². The summed E-state index contributed by atoms with van der Waals surface area (Å²) in [5.74, 6) is 0.773. The van der Waals surface area contributed by atoms with Crippen LogP contribution < -0.4 is 5.32 Å². The van der Waals surface area contributed by atoms with E-state index in [0.717, 1.165) is 35.9 Å². The molecule has 1 aromatic carbocycles. The molecule has 1 aliphatic heterocycles. The molecule has 2 heterocycles. The minimum absolute atomic E-state index is 0.562. The van der Waals surface area contributed by atoms with Crippen molar-refractivity contribution in [2.75, 3.05) is 0 Å². The van der Waals surface area contributed by atoms with Gasteiger partial charge >= 0.3 is 0 Å². The van der Waals surface area contributed by atoms with Crippen LogP contribution in [-0.2, 0) is 19.5 Å². The lowest BCUT2D eigenvalue weighted by Gasteiger charge is -2.09. The fraction of sp³-hybridized carbons (Fsp3) is 0.286. The number of aryl methyl sites for hydroxylation is 1. The van der Waals surface area contributed by atoms with Crippen molar-refractivity contribution in [1.82, 2.24) is 15.3 Å². The standard InChI is InChI=1S/C14H13Cl2N3/c1-8-10-6-17-7-13(10)19-14(18-8)5-9-11(15)3-2-4-12(9)16/h2-4,17H,5-7H2,1H3. The number of nitrogens with zero attached hydrogens (tertiary/aromatic N) is 2. The molecule has 19 heavy (non-hydrogen) atoms. The molecule has 0 radical (unpaired) electrons. The maximum atomic E-state index is 6.18. The van der Waals surface area contributed by atoms with E-state index in [2.05, 4.69) is 15.3 Å². The highest BCUT2D eigenvalue weighted by Gasteiger charge is 2.17. The summed E-state index contributed by atoms with van der Waals surface area (Å²) in [6.07, 6.45) is 0.562. The van der Waals surface area contributed by atoms with E-state index in [4.69, 9.17) is 23.2 Å². The van der Waals surface area contributed by atoms with Crippen LogP contribution in [0.1, 0.15) is 28.3 Å². The van der Waals surface area contributed by atoms with Gasteiger partial charge in [-0.3, -0.25) is 0 Å². The van der Waals surface area contributed by atoms with Crippen LogP contribution in [0, 0.1) is 6.92 Å². The number of aromatic nitrogens is 2. The molecule has 0 saturated carbocycles. The first kappa shape index (κ1) is 12.9. The first-order valence-electron chi connectivity index (χ1n) is 6.14. The fourth-order valence-corrected chi connectivity index (χ4v) is 2.87. The van der Waals surface area contributed by atoms with Crippen LogP contribution in [0.4, 0.5) is 0 Å². The lowest BCUT2D eigenvalue weighted by atomic mass is 10.1. The molecule has 0 aliphatic carbocycles. The zero-order valence-corrected chi connectivity index (χ0v) is 12.0. The van der Waals surface area contributed by atoms with Crippen molar-refractivity contribution >= 4 is 23.2 Å². The van der Waals surface area contributed by atoms with Crippen LogP contribution in [-0.4, -0.2) is 9.97 Å². The minimum atomic E-state index is 0.562. The number of hydrogen-bond donors (Lipinski definition) is 1. The van der Waals surface area contributed by atoms with Gasteiger partial charge in [0, 0.05) is 40.8 Å². The quantitative estimate of drug-likeness (QED) is 0.923. The van der Waals surface area contributed by atoms with E-state index < -0.39 is 0 Å². The largest absolute Gasteiger partial charge is 0.307 e. The molecular formula is C14H13Cl2N3. The molecule has 1 aliphatic rings. The topological polar surface area (TPSA) is 37.8 Å². The van der Waals surface area contributed by atoms with E-state index in [-0.39, 0.29) is 0 Å². The highest BCUT2D eigenvalue weighted by atomic mass is 35.5. The van der Waals surface area contributed by atoms with E-state index in [1.807, 2.05) is 25.1 Å². The molecule has 0 fully saturated rings. The summed E-state index contributed by atoms with van der Waals surface area (Å²) in [7, 11) is 0. The fourth-order valence-electron chi connectivity index (χ4n) is 2.34. The van der Waals surface area contributed by atoms with Gasteiger partial charge in [0.15, 0.2) is 0 Å². The molecule has 2 aromatic rings. The minimum Gasteiger partial charge on any atom is -0.307 e. The molecule has 98 valence electrons. The first-order chi connectivity index (χ1) is 9.15. The lowest BCUT2D eigenvalue weighted by molar-refractivity contribution is 0.755. The molecule has 1 N–H and O–H groups in total. The van der Waals surface area contributed by atoms with E-state index in [1.54, 1.807) is 0 Å². The Morgan fingerprint density at radius 2 is 1.89 bits per heavy atom. The molecule has 0 saturated heterocycles. The van der Waals surface area contributed by atoms with E-state index in [1.165, 1.54) is 5.56 Å². The van der Waals surface area contributed by atoms with Crippen LogP contribution in [0.2, 0.25) is 10.0 Å². The average Bonchev–Trinajstić information content (AvgIpc) is 2.83. The maximum Gasteiger partial charge on any atom is 0.133 e. The zero-order valence-electron chi connectivity index (χ0n) is 10.5. The van der Waals surface area contributed by atoms with Gasteiger partial charge in [-0.1, -0.05) is 29.3 Å². The number of hydrogen-bond acceptors (Lipinski definition) is 3. The van der Waals surface area contributed by atoms with Gasteiger partial charge in [0.1, 0.15) is 5.82 Å². The molecule has 0 spiro atoms. The average molecular weight is 294 g/mol. The summed E-state index contributed by atoms with van der Waals surface area (Å²) >= 11 is 12.4. The first-order valence-corrected chi connectivity index (χ1v) is 6.89. The van der Waals surface area contributed by atoms with Gasteiger partial charge in [0.05, 0.1) is 5.69 Å². The van der Waals surface area contributed by atoms with Crippen LogP contribution in [0.15, 0.2) is 18.2 Å². The number of nitrogens with one attached hydrogen (secondary N) is 1. The van der Waals surface area contributed by atoms with Gasteiger partial charge in [0.25, 0.3) is 0 Å². The van der Waals surface area contributed by atoms with Crippen LogP contribution >= 0.6 is 23.2 Å². The molecule has 5 heteroatoms. The number of benzene rings is 1. The number of halogens is 2. The molecule has 1 aromatic heterocycles. The highest BCUT2D eigenvalue weighted by Crippen LogP contribution is 2.26. The highest BCUT2D eigenvalue weighted by molar-refractivity contribution is 6.36. The van der Waals surface area contributed by atoms with Gasteiger partial charge in [-0.15, -0.1) is 0 Å². The Labute approximate surface area is 122 Å². The molecule has 0 atom stereocenters. The second-order valence-electron chi connectivity index (χ2n) is 4.63. The summed E-state index contributed by atoms with van der Waals surface area (Å²) < 4.78 is 0. The molecule has 0 unspecified atom stereocenters. The predicted molar refractivity (Wildman–Crippen MR) is 76.6 cm³/mol. The van der Waals surface area contributed by atoms with E-state index in [0.29, 0.717) is 16.5 Å². The lowest BCUT2D eigenvalue weighted by Crippen LogP contribution is -2.04. The third-order valence-corrected chi connectivity index (χ3v) is 4.04. The summed E-state index contributed by atoms with van der Waals surface area (Å²) in [6.45, 7) is 3.68. The van der Waals surface area contributed by atoms with E-state index in [9.17, 15) is 0 Å². The van der Waals surface area contributed by atoms with Crippen molar-refractivity contribution in [1.29, 1.82) is 0 Å². The Bertz CT molecular complexity index is 621. The van der Waals surface area contributed by atoms with Gasteiger partial charge in [0.2, 0.25) is 0 Å². The number of fused-ring (bicyclic) bond motifs is 1. The van der Waals surface area contributed by atoms with Crippen molar-refractivity contribution < 1.29 is 0 Å². The smallest absolute Gasteiger partial charge is 0.133 e. The summed E-state index contributed by atoms with van der Waals surface area (Å²) in [5, 5.41) is 4.61. The van der Waals surface area contributed by atoms with Crippen molar-refractivity contribution in [2.45, 2.75) is 26.4 Å². The van der Waals surface area contributed by atoms with Crippen molar-refractivity contribution in [3.8, 4) is 0 Å². The Balaban J connectivity index is 1.98. The maximum absolute atomic E-state index is 6.18. The monoisotopic (exact) mass is 293 g/mol. The zero-order chi connectivity index (χ0) is 13.4.